The van der Waals surface area contributed by atoms with Crippen molar-refractivity contribution < 1.29 is 18.3 Å². The van der Waals surface area contributed by atoms with Crippen molar-refractivity contribution in [1.82, 2.24) is 5.32 Å². The van der Waals surface area contributed by atoms with Crippen LogP contribution in [0.25, 0.3) is 0 Å². The van der Waals surface area contributed by atoms with Gasteiger partial charge in [0.25, 0.3) is 0 Å². The number of benzene rings is 1. The number of hydrogen-bond donors (Lipinski definition) is 1. The maximum Gasteiger partial charge on any atom is 0.407 e. The van der Waals surface area contributed by atoms with Crippen molar-refractivity contribution in [3.05, 3.63) is 35.4 Å². The van der Waals surface area contributed by atoms with Gasteiger partial charge >= 0.3 is 6.09 Å². The first-order chi connectivity index (χ1) is 7.55. The molecule has 1 saturated carbocycles. The van der Waals surface area contributed by atoms with E-state index in [9.17, 15) is 13.6 Å². The Morgan fingerprint density at radius 1 is 1.31 bits per heavy atom. The van der Waals surface area contributed by atoms with Crippen LogP contribution in [0.4, 0.5) is 13.6 Å². The lowest BCUT2D eigenvalue weighted by atomic mass is 10.1. The summed E-state index contributed by atoms with van der Waals surface area (Å²) in [6.45, 7) is 0. The number of halogens is 2. The van der Waals surface area contributed by atoms with Gasteiger partial charge < -0.3 is 10.1 Å². The summed E-state index contributed by atoms with van der Waals surface area (Å²) in [6.07, 6.45) is 0.578. The van der Waals surface area contributed by atoms with E-state index in [2.05, 4.69) is 5.32 Å². The fourth-order valence-electron chi connectivity index (χ4n) is 1.61. The Morgan fingerprint density at radius 3 is 2.31 bits per heavy atom. The average molecular weight is 227 g/mol. The van der Waals surface area contributed by atoms with Crippen molar-refractivity contribution in [3.63, 3.8) is 0 Å². The van der Waals surface area contributed by atoms with Gasteiger partial charge in [0.15, 0.2) is 0 Å². The molecule has 0 atom stereocenters. The van der Waals surface area contributed by atoms with Crippen LogP contribution >= 0.6 is 0 Å². The topological polar surface area (TPSA) is 38.3 Å². The van der Waals surface area contributed by atoms with Crippen LogP contribution in [-0.4, -0.2) is 13.1 Å². The van der Waals surface area contributed by atoms with Crippen LogP contribution in [-0.2, 0) is 10.3 Å². The highest BCUT2D eigenvalue weighted by Gasteiger charge is 2.49. The third-order valence-electron chi connectivity index (χ3n) is 2.58. The number of ether oxygens (including phenoxy) is 1. The van der Waals surface area contributed by atoms with Gasteiger partial charge in [0.2, 0.25) is 0 Å². The highest BCUT2D eigenvalue weighted by molar-refractivity contribution is 5.68. The lowest BCUT2D eigenvalue weighted by Crippen LogP contribution is -2.26. The molecule has 1 amide bonds. The van der Waals surface area contributed by atoms with Crippen molar-refractivity contribution in [3.8, 4) is 0 Å². The minimum atomic E-state index is -0.844. The predicted octanol–water partition coefficient (Wildman–Crippen LogP) is 2.31. The van der Waals surface area contributed by atoms with Gasteiger partial charge in [0.1, 0.15) is 17.2 Å². The summed E-state index contributed by atoms with van der Waals surface area (Å²) in [6, 6.07) is 3.18. The molecule has 0 radical (unpaired) electrons. The lowest BCUT2D eigenvalue weighted by Gasteiger charge is -2.16. The van der Waals surface area contributed by atoms with E-state index in [-0.39, 0.29) is 0 Å². The smallest absolute Gasteiger partial charge is 0.407 e. The van der Waals surface area contributed by atoms with E-state index in [1.165, 1.54) is 19.2 Å². The third-order valence-corrected chi connectivity index (χ3v) is 2.58. The molecule has 1 aromatic carbocycles. The van der Waals surface area contributed by atoms with Gasteiger partial charge in [-0.15, -0.1) is 0 Å². The van der Waals surface area contributed by atoms with Crippen molar-refractivity contribution in [1.29, 1.82) is 0 Å². The molecule has 0 unspecified atom stereocenters. The second-order valence-electron chi connectivity index (χ2n) is 3.79. The van der Waals surface area contributed by atoms with Gasteiger partial charge in [-0.3, -0.25) is 0 Å². The van der Waals surface area contributed by atoms with Gasteiger partial charge in [0.05, 0.1) is 0 Å². The molecule has 0 aliphatic heterocycles. The fraction of sp³-hybridized carbons (Fsp3) is 0.364. The Kier molecular flexibility index (Phi) is 2.53. The molecule has 0 aromatic heterocycles. The van der Waals surface area contributed by atoms with E-state index in [1.807, 2.05) is 0 Å². The summed E-state index contributed by atoms with van der Waals surface area (Å²) in [7, 11) is 1.44. The van der Waals surface area contributed by atoms with Crippen molar-refractivity contribution >= 4 is 6.09 Å². The maximum atomic E-state index is 13.0. The van der Waals surface area contributed by atoms with Crippen LogP contribution in [0.3, 0.4) is 0 Å². The highest BCUT2D eigenvalue weighted by atomic mass is 19.1. The number of nitrogens with one attached hydrogen (secondary N) is 1. The van der Waals surface area contributed by atoms with Crippen LogP contribution in [0.15, 0.2) is 18.2 Å². The summed E-state index contributed by atoms with van der Waals surface area (Å²) < 4.78 is 31.1. The molecule has 1 aromatic rings. The number of hydrogen-bond acceptors (Lipinski definition) is 2. The van der Waals surface area contributed by atoms with Gasteiger partial charge in [-0.05, 0) is 25.0 Å². The second kappa shape index (κ2) is 3.73. The first-order valence-electron chi connectivity index (χ1n) is 4.93. The van der Waals surface area contributed by atoms with Crippen molar-refractivity contribution in [2.75, 3.05) is 7.05 Å². The molecule has 5 heteroatoms. The average Bonchev–Trinajstić information content (AvgIpc) is 2.97. The Hall–Kier alpha value is -1.65. The highest BCUT2D eigenvalue weighted by Crippen LogP contribution is 2.49. The van der Waals surface area contributed by atoms with E-state index in [0.717, 1.165) is 6.07 Å². The largest absolute Gasteiger partial charge is 0.438 e. The molecule has 1 fully saturated rings. The first kappa shape index (κ1) is 10.9. The molecule has 0 spiro atoms. The molecule has 3 nitrogen and oxygen atoms in total. The molecule has 2 rings (SSSR count). The molecule has 0 saturated heterocycles. The molecule has 1 aliphatic carbocycles. The maximum absolute atomic E-state index is 13.0. The zero-order valence-corrected chi connectivity index (χ0v) is 8.72. The number of rotatable bonds is 2. The zero-order chi connectivity index (χ0) is 11.8. The summed E-state index contributed by atoms with van der Waals surface area (Å²) >= 11 is 0. The summed E-state index contributed by atoms with van der Waals surface area (Å²) in [5.74, 6) is -1.33. The SMILES string of the molecule is CNC(=O)OC1(c2cc(F)cc(F)c2)CC1. The van der Waals surface area contributed by atoms with Crippen LogP contribution in [0.2, 0.25) is 0 Å². The summed E-state index contributed by atoms with van der Waals surface area (Å²) in [5, 5.41) is 2.31. The van der Waals surface area contributed by atoms with E-state index in [4.69, 9.17) is 4.74 Å². The van der Waals surface area contributed by atoms with Crippen molar-refractivity contribution in [2.45, 2.75) is 18.4 Å². The quantitative estimate of drug-likeness (QED) is 0.841. The summed E-state index contributed by atoms with van der Waals surface area (Å²) in [4.78, 5) is 11.1. The number of amides is 1. The third kappa shape index (κ3) is 1.98. The molecular formula is C11H11F2NO2. The Bertz CT molecular complexity index is 410. The molecule has 86 valence electrons. The van der Waals surface area contributed by atoms with E-state index in [1.54, 1.807) is 0 Å². The molecule has 1 aliphatic rings. The van der Waals surface area contributed by atoms with Crippen LogP contribution < -0.4 is 5.32 Å². The van der Waals surface area contributed by atoms with E-state index >= 15 is 0 Å². The number of alkyl carbamates (subject to hydrolysis) is 1. The Labute approximate surface area is 91.4 Å². The molecule has 16 heavy (non-hydrogen) atoms. The fourth-order valence-corrected chi connectivity index (χ4v) is 1.61. The lowest BCUT2D eigenvalue weighted by molar-refractivity contribution is 0.0827. The van der Waals surface area contributed by atoms with E-state index < -0.39 is 23.3 Å². The second-order valence-corrected chi connectivity index (χ2v) is 3.79. The number of carbonyl (C=O) groups is 1. The minimum Gasteiger partial charge on any atom is -0.438 e. The van der Waals surface area contributed by atoms with Crippen LogP contribution in [0, 0.1) is 11.6 Å². The van der Waals surface area contributed by atoms with Gasteiger partial charge in [-0.25, -0.2) is 13.6 Å². The monoisotopic (exact) mass is 227 g/mol. The van der Waals surface area contributed by atoms with Crippen LogP contribution in [0.1, 0.15) is 18.4 Å². The molecular weight excluding hydrogens is 216 g/mol. The first-order valence-corrected chi connectivity index (χ1v) is 4.93. The summed E-state index contributed by atoms with van der Waals surface area (Å²) in [5.41, 5.74) is -0.475. The molecule has 1 N–H and O–H groups in total. The standard InChI is InChI=1S/C11H11F2NO2/c1-14-10(15)16-11(2-3-11)7-4-8(12)6-9(13)5-7/h4-6H,2-3H2,1H3,(H,14,15). The Balaban J connectivity index is 2.26. The minimum absolute atomic E-state index is 0.369. The zero-order valence-electron chi connectivity index (χ0n) is 8.72. The molecule has 0 bridgehead atoms. The van der Waals surface area contributed by atoms with E-state index in [0.29, 0.717) is 18.4 Å². The van der Waals surface area contributed by atoms with Crippen molar-refractivity contribution in [2.24, 2.45) is 0 Å². The van der Waals surface area contributed by atoms with Gasteiger partial charge in [0, 0.05) is 18.7 Å². The normalized spacial score (nSPS) is 16.7. The molecule has 0 heterocycles. The Morgan fingerprint density at radius 2 is 1.88 bits per heavy atom. The number of carbonyl (C=O) groups excluding carboxylic acids is 1. The predicted molar refractivity (Wildman–Crippen MR) is 52.8 cm³/mol. The van der Waals surface area contributed by atoms with Crippen LogP contribution in [0.5, 0.6) is 0 Å². The van der Waals surface area contributed by atoms with Gasteiger partial charge in [-0.1, -0.05) is 0 Å². The van der Waals surface area contributed by atoms with Gasteiger partial charge in [-0.2, -0.15) is 0 Å².